The van der Waals surface area contributed by atoms with Gasteiger partial charge in [-0.05, 0) is 30.9 Å². The van der Waals surface area contributed by atoms with Crippen LogP contribution in [-0.2, 0) is 24.0 Å². The molecule has 0 saturated carbocycles. The van der Waals surface area contributed by atoms with E-state index in [0.29, 0.717) is 0 Å². The highest BCUT2D eigenvalue weighted by molar-refractivity contribution is 6.40. The molecule has 0 fully saturated rings. The van der Waals surface area contributed by atoms with Gasteiger partial charge in [0.25, 0.3) is 0 Å². The highest BCUT2D eigenvalue weighted by Crippen LogP contribution is 2.26. The Bertz CT molecular complexity index is 1350. The number of anilines is 1. The molecule has 2 aromatic rings. The minimum atomic E-state index is -1.89. The van der Waals surface area contributed by atoms with E-state index in [1.165, 1.54) is 37.2 Å². The van der Waals surface area contributed by atoms with E-state index in [9.17, 15) is 45.9 Å². The third-order valence-electron chi connectivity index (χ3n) is 5.94. The van der Waals surface area contributed by atoms with Crippen LogP contribution in [0.2, 0.25) is 0 Å². The van der Waals surface area contributed by atoms with Crippen LogP contribution in [0.4, 0.5) is 27.6 Å². The molecular formula is C28H31F5N4O6. The smallest absolute Gasteiger partial charge is 0.313 e. The Balaban J connectivity index is 2.22. The average Bonchev–Trinajstić information content (AvgIpc) is 2.94. The molecular weight excluding hydrogens is 583 g/mol. The van der Waals surface area contributed by atoms with E-state index in [1.807, 2.05) is 0 Å². The molecule has 2 rings (SSSR count). The maximum Gasteiger partial charge on any atom is 0.313 e. The zero-order valence-corrected chi connectivity index (χ0v) is 23.7. The molecule has 0 radical (unpaired) electrons. The fourth-order valence-corrected chi connectivity index (χ4v) is 3.67. The van der Waals surface area contributed by atoms with Crippen LogP contribution in [0.5, 0.6) is 5.75 Å². The zero-order valence-electron chi connectivity index (χ0n) is 23.7. The summed E-state index contributed by atoms with van der Waals surface area (Å²) in [5, 5.41) is 6.62. The van der Waals surface area contributed by atoms with E-state index in [-0.39, 0.29) is 36.9 Å². The molecule has 234 valence electrons. The Morgan fingerprint density at radius 3 is 2.00 bits per heavy atom. The van der Waals surface area contributed by atoms with Crippen molar-refractivity contribution >= 4 is 35.1 Å². The molecule has 10 nitrogen and oxygen atoms in total. The van der Waals surface area contributed by atoms with Gasteiger partial charge in [0.1, 0.15) is 18.5 Å². The SMILES string of the molecule is CC(C)CC(NC(=O)C(=O)Nc1ccccc1F)C(=O)NC(CCC(=O)N(C)C)C(=O)COc1c(F)c(F)cc(F)c1F. The lowest BCUT2D eigenvalue weighted by Gasteiger charge is -2.24. The summed E-state index contributed by atoms with van der Waals surface area (Å²) < 4.78 is 73.6. The predicted octanol–water partition coefficient (Wildman–Crippen LogP) is 2.85. The van der Waals surface area contributed by atoms with E-state index >= 15 is 0 Å². The summed E-state index contributed by atoms with van der Waals surface area (Å²) >= 11 is 0. The average molecular weight is 615 g/mol. The van der Waals surface area contributed by atoms with Crippen molar-refractivity contribution in [2.45, 2.75) is 45.2 Å². The molecule has 0 saturated heterocycles. The molecule has 43 heavy (non-hydrogen) atoms. The third kappa shape index (κ3) is 10.0. The number of ether oxygens (including phenoxy) is 1. The second-order valence-electron chi connectivity index (χ2n) is 10.0. The van der Waals surface area contributed by atoms with Crippen LogP contribution in [0.15, 0.2) is 30.3 Å². The third-order valence-corrected chi connectivity index (χ3v) is 5.94. The first-order valence-corrected chi connectivity index (χ1v) is 13.0. The summed E-state index contributed by atoms with van der Waals surface area (Å²) in [6.07, 6.45) is -0.644. The van der Waals surface area contributed by atoms with Gasteiger partial charge in [0.05, 0.1) is 11.7 Å². The lowest BCUT2D eigenvalue weighted by Crippen LogP contribution is -2.54. The summed E-state index contributed by atoms with van der Waals surface area (Å²) in [5.74, 6) is -14.9. The largest absolute Gasteiger partial charge is 0.479 e. The summed E-state index contributed by atoms with van der Waals surface area (Å²) in [6.45, 7) is 2.22. The van der Waals surface area contributed by atoms with Crippen molar-refractivity contribution in [3.63, 3.8) is 0 Å². The number of carbonyl (C=O) groups is 5. The number of Topliss-reactive ketones (excluding diaryl/α,β-unsaturated/α-hetero) is 1. The fourth-order valence-electron chi connectivity index (χ4n) is 3.67. The highest BCUT2D eigenvalue weighted by atomic mass is 19.2. The number of amides is 4. The predicted molar refractivity (Wildman–Crippen MR) is 143 cm³/mol. The first-order chi connectivity index (χ1) is 20.1. The molecule has 2 aromatic carbocycles. The number of ketones is 1. The van der Waals surface area contributed by atoms with Gasteiger partial charge < -0.3 is 25.6 Å². The van der Waals surface area contributed by atoms with Gasteiger partial charge in [0.15, 0.2) is 23.2 Å². The molecule has 0 aliphatic rings. The highest BCUT2D eigenvalue weighted by Gasteiger charge is 2.30. The zero-order chi connectivity index (χ0) is 32.4. The Hall–Kier alpha value is -4.56. The Morgan fingerprint density at radius 2 is 1.44 bits per heavy atom. The maximum absolute atomic E-state index is 14.0. The maximum atomic E-state index is 14.0. The van der Waals surface area contributed by atoms with E-state index < -0.39 is 82.9 Å². The molecule has 0 aliphatic carbocycles. The number of hydrogen-bond donors (Lipinski definition) is 3. The topological polar surface area (TPSA) is 134 Å². The number of benzene rings is 2. The number of carbonyl (C=O) groups excluding carboxylic acids is 5. The van der Waals surface area contributed by atoms with Crippen molar-refractivity contribution < 1.29 is 50.7 Å². The van der Waals surface area contributed by atoms with Crippen molar-refractivity contribution in [3.8, 4) is 5.75 Å². The molecule has 15 heteroatoms. The lowest BCUT2D eigenvalue weighted by molar-refractivity contribution is -0.138. The molecule has 2 atom stereocenters. The Morgan fingerprint density at radius 1 is 0.837 bits per heavy atom. The minimum absolute atomic E-state index is 0.0302. The molecule has 0 aromatic heterocycles. The number of hydrogen-bond acceptors (Lipinski definition) is 6. The van der Waals surface area contributed by atoms with Gasteiger partial charge in [-0.25, -0.2) is 13.2 Å². The quantitative estimate of drug-likeness (QED) is 0.181. The first kappa shape index (κ1) is 34.6. The minimum Gasteiger partial charge on any atom is -0.479 e. The van der Waals surface area contributed by atoms with Crippen molar-refractivity contribution in [1.82, 2.24) is 15.5 Å². The Kier molecular flexibility index (Phi) is 12.6. The van der Waals surface area contributed by atoms with Gasteiger partial charge >= 0.3 is 11.8 Å². The van der Waals surface area contributed by atoms with Crippen LogP contribution in [0.1, 0.15) is 33.1 Å². The van der Waals surface area contributed by atoms with Crippen LogP contribution < -0.4 is 20.7 Å². The van der Waals surface area contributed by atoms with Gasteiger partial charge in [-0.1, -0.05) is 26.0 Å². The van der Waals surface area contributed by atoms with Gasteiger partial charge in [-0.15, -0.1) is 0 Å². The summed E-state index contributed by atoms with van der Waals surface area (Å²) in [6, 6.07) is 2.08. The molecule has 4 amide bonds. The molecule has 2 unspecified atom stereocenters. The van der Waals surface area contributed by atoms with Crippen LogP contribution in [-0.4, -0.2) is 67.1 Å². The van der Waals surface area contributed by atoms with Crippen LogP contribution in [0, 0.1) is 35.0 Å². The first-order valence-electron chi connectivity index (χ1n) is 13.0. The van der Waals surface area contributed by atoms with Gasteiger partial charge in [0, 0.05) is 26.6 Å². The van der Waals surface area contributed by atoms with Crippen molar-refractivity contribution in [2.24, 2.45) is 5.92 Å². The fraction of sp³-hybridized carbons (Fsp3) is 0.393. The van der Waals surface area contributed by atoms with Crippen LogP contribution >= 0.6 is 0 Å². The van der Waals surface area contributed by atoms with Gasteiger partial charge in [-0.2, -0.15) is 8.78 Å². The normalized spacial score (nSPS) is 12.2. The van der Waals surface area contributed by atoms with E-state index in [0.717, 1.165) is 6.07 Å². The molecule has 0 spiro atoms. The van der Waals surface area contributed by atoms with Gasteiger partial charge in [0.2, 0.25) is 23.4 Å². The molecule has 3 N–H and O–H groups in total. The van der Waals surface area contributed by atoms with E-state index in [1.54, 1.807) is 13.8 Å². The second kappa shape index (κ2) is 15.6. The monoisotopic (exact) mass is 614 g/mol. The second-order valence-corrected chi connectivity index (χ2v) is 10.0. The number of nitrogens with zero attached hydrogens (tertiary/aromatic N) is 1. The van der Waals surface area contributed by atoms with Crippen LogP contribution in [0.25, 0.3) is 0 Å². The summed E-state index contributed by atoms with van der Waals surface area (Å²) in [4.78, 5) is 64.4. The van der Waals surface area contributed by atoms with Crippen molar-refractivity contribution in [2.75, 3.05) is 26.0 Å². The number of para-hydroxylation sites is 1. The van der Waals surface area contributed by atoms with Crippen molar-refractivity contribution in [3.05, 3.63) is 59.4 Å². The number of nitrogens with one attached hydrogen (secondary N) is 3. The molecule has 0 aliphatic heterocycles. The molecule has 0 heterocycles. The van der Waals surface area contributed by atoms with Crippen LogP contribution in [0.3, 0.4) is 0 Å². The van der Waals surface area contributed by atoms with E-state index in [2.05, 4.69) is 16.0 Å². The number of rotatable bonds is 13. The van der Waals surface area contributed by atoms with E-state index in [4.69, 9.17) is 4.74 Å². The summed E-state index contributed by atoms with van der Waals surface area (Å²) in [7, 11) is 2.87. The standard InChI is InChI=1S/C28H31F5N4O6/c1-14(2)11-20(36-28(42)27(41)34-18-8-6-5-7-15(18)29)26(40)35-19(9-10-22(39)37(3)4)21(38)13-43-25-23(32)16(30)12-17(31)24(25)33/h5-8,12,14,19-20H,9-11,13H2,1-4H3,(H,34,41)(H,35,40)(H,36,42). The summed E-state index contributed by atoms with van der Waals surface area (Å²) in [5.41, 5.74) is -0.283. The van der Waals surface area contributed by atoms with Gasteiger partial charge in [-0.3, -0.25) is 24.0 Å². The molecule has 0 bridgehead atoms. The lowest BCUT2D eigenvalue weighted by atomic mass is 10.0. The Labute approximate surface area is 243 Å². The van der Waals surface area contributed by atoms with Crippen molar-refractivity contribution in [1.29, 1.82) is 0 Å². The number of halogens is 5.